The number of nitrogens with zero attached hydrogens (tertiary/aromatic N) is 2. The van der Waals surface area contributed by atoms with Crippen LogP contribution in [0.4, 0.5) is 0 Å². The Kier molecular flexibility index (Phi) is 2.51. The first-order chi connectivity index (χ1) is 7.16. The molecule has 0 aliphatic rings. The van der Waals surface area contributed by atoms with Crippen molar-refractivity contribution in [1.82, 2.24) is 10.1 Å². The van der Waals surface area contributed by atoms with Crippen LogP contribution in [0.25, 0.3) is 11.4 Å². The Bertz CT molecular complexity index is 462. The molecule has 4 heteroatoms. The second-order valence-electron chi connectivity index (χ2n) is 3.73. The van der Waals surface area contributed by atoms with Crippen molar-refractivity contribution in [3.05, 3.63) is 35.7 Å². The van der Waals surface area contributed by atoms with Crippen molar-refractivity contribution in [2.45, 2.75) is 19.9 Å². The Morgan fingerprint density at radius 2 is 2.20 bits per heavy atom. The Labute approximate surface area is 88.1 Å². The maximum atomic E-state index is 5.10. The van der Waals surface area contributed by atoms with Crippen LogP contribution in [-0.4, -0.2) is 10.1 Å². The minimum absolute atomic E-state index is 0.0241. The molecule has 0 amide bonds. The zero-order valence-electron chi connectivity index (χ0n) is 8.90. The number of aryl methyl sites for hydroxylation is 1. The quantitative estimate of drug-likeness (QED) is 0.802. The van der Waals surface area contributed by atoms with Gasteiger partial charge in [-0.25, -0.2) is 0 Å². The Balaban J connectivity index is 2.37. The van der Waals surface area contributed by atoms with Gasteiger partial charge in [-0.05, 0) is 19.9 Å². The molecular formula is C11H14N3O+. The van der Waals surface area contributed by atoms with Crippen LogP contribution in [0.15, 0.2) is 28.8 Å². The summed E-state index contributed by atoms with van der Waals surface area (Å²) in [7, 11) is 0. The van der Waals surface area contributed by atoms with E-state index in [1.807, 2.05) is 38.1 Å². The molecule has 1 aromatic heterocycles. The molecule has 1 heterocycles. The molecule has 1 atom stereocenters. The standard InChI is InChI=1S/C11H13N3O/c1-7-4-3-5-9(6-7)10-13-11(8(2)12)15-14-10/h3-6,8H,12H2,1-2H3/p+1/t8-/m0/s1. The van der Waals surface area contributed by atoms with E-state index in [1.165, 1.54) is 5.56 Å². The molecule has 0 fully saturated rings. The van der Waals surface area contributed by atoms with E-state index in [4.69, 9.17) is 4.52 Å². The van der Waals surface area contributed by atoms with Gasteiger partial charge >= 0.3 is 0 Å². The van der Waals surface area contributed by atoms with Gasteiger partial charge < -0.3 is 10.3 Å². The second-order valence-corrected chi connectivity index (χ2v) is 3.73. The van der Waals surface area contributed by atoms with Crippen molar-refractivity contribution in [3.63, 3.8) is 0 Å². The summed E-state index contributed by atoms with van der Waals surface area (Å²) < 4.78 is 5.10. The highest BCUT2D eigenvalue weighted by atomic mass is 16.5. The summed E-state index contributed by atoms with van der Waals surface area (Å²) in [6.45, 7) is 3.96. The number of aromatic nitrogens is 2. The fourth-order valence-corrected chi connectivity index (χ4v) is 1.34. The summed E-state index contributed by atoms with van der Waals surface area (Å²) in [5.41, 5.74) is 6.00. The molecule has 2 aromatic rings. The van der Waals surface area contributed by atoms with Gasteiger partial charge in [0.1, 0.15) is 0 Å². The zero-order valence-corrected chi connectivity index (χ0v) is 8.90. The van der Waals surface area contributed by atoms with Crippen molar-refractivity contribution in [1.29, 1.82) is 0 Å². The van der Waals surface area contributed by atoms with E-state index < -0.39 is 0 Å². The summed E-state index contributed by atoms with van der Waals surface area (Å²) in [4.78, 5) is 4.28. The molecule has 0 bridgehead atoms. The molecule has 1 aromatic carbocycles. The molecule has 0 saturated heterocycles. The largest absolute Gasteiger partial charge is 0.348 e. The van der Waals surface area contributed by atoms with Crippen LogP contribution >= 0.6 is 0 Å². The van der Waals surface area contributed by atoms with Gasteiger partial charge in [0.15, 0.2) is 6.04 Å². The van der Waals surface area contributed by atoms with Gasteiger partial charge in [-0.1, -0.05) is 28.9 Å². The third-order valence-corrected chi connectivity index (χ3v) is 2.14. The van der Waals surface area contributed by atoms with E-state index >= 15 is 0 Å². The van der Waals surface area contributed by atoms with Gasteiger partial charge in [0.05, 0.1) is 0 Å². The average Bonchev–Trinajstić information content (AvgIpc) is 2.66. The fraction of sp³-hybridized carbons (Fsp3) is 0.273. The smallest absolute Gasteiger partial charge is 0.284 e. The van der Waals surface area contributed by atoms with Gasteiger partial charge in [-0.15, -0.1) is 0 Å². The van der Waals surface area contributed by atoms with Crippen LogP contribution in [0.1, 0.15) is 24.4 Å². The summed E-state index contributed by atoms with van der Waals surface area (Å²) >= 11 is 0. The lowest BCUT2D eigenvalue weighted by Gasteiger charge is -1.95. The first-order valence-electron chi connectivity index (χ1n) is 4.90. The van der Waals surface area contributed by atoms with E-state index in [2.05, 4.69) is 15.9 Å². The molecule has 15 heavy (non-hydrogen) atoms. The molecule has 0 radical (unpaired) electrons. The monoisotopic (exact) mass is 204 g/mol. The predicted molar refractivity (Wildman–Crippen MR) is 55.8 cm³/mol. The molecule has 0 saturated carbocycles. The summed E-state index contributed by atoms with van der Waals surface area (Å²) in [5.74, 6) is 1.20. The predicted octanol–water partition coefficient (Wildman–Crippen LogP) is 1.35. The summed E-state index contributed by atoms with van der Waals surface area (Å²) in [6.07, 6.45) is 0. The van der Waals surface area contributed by atoms with E-state index in [0.29, 0.717) is 11.7 Å². The van der Waals surface area contributed by atoms with E-state index in [1.54, 1.807) is 0 Å². The topological polar surface area (TPSA) is 66.6 Å². The average molecular weight is 204 g/mol. The van der Waals surface area contributed by atoms with Gasteiger partial charge in [-0.2, -0.15) is 4.98 Å². The molecule has 0 aliphatic heterocycles. The minimum Gasteiger partial charge on any atom is -0.348 e. The fourth-order valence-electron chi connectivity index (χ4n) is 1.34. The van der Waals surface area contributed by atoms with Crippen molar-refractivity contribution in [2.24, 2.45) is 0 Å². The molecule has 0 unspecified atom stereocenters. The lowest BCUT2D eigenvalue weighted by molar-refractivity contribution is -0.425. The highest BCUT2D eigenvalue weighted by molar-refractivity contribution is 5.55. The van der Waals surface area contributed by atoms with Crippen LogP contribution in [0.3, 0.4) is 0 Å². The third-order valence-electron chi connectivity index (χ3n) is 2.14. The molecule has 0 spiro atoms. The summed E-state index contributed by atoms with van der Waals surface area (Å²) in [5, 5.41) is 3.92. The first-order valence-corrected chi connectivity index (χ1v) is 4.90. The summed E-state index contributed by atoms with van der Waals surface area (Å²) in [6, 6.07) is 8.04. The number of rotatable bonds is 2. The lowest BCUT2D eigenvalue weighted by Crippen LogP contribution is -2.51. The van der Waals surface area contributed by atoms with Crippen LogP contribution in [0.2, 0.25) is 0 Å². The molecule has 78 valence electrons. The molecule has 2 rings (SSSR count). The third kappa shape index (κ3) is 2.05. The molecule has 0 aliphatic carbocycles. The Morgan fingerprint density at radius 1 is 1.40 bits per heavy atom. The van der Waals surface area contributed by atoms with Crippen LogP contribution < -0.4 is 5.73 Å². The van der Waals surface area contributed by atoms with Gasteiger partial charge in [0, 0.05) is 5.56 Å². The van der Waals surface area contributed by atoms with Gasteiger partial charge in [0.25, 0.3) is 5.89 Å². The molecule has 4 nitrogen and oxygen atoms in total. The number of benzene rings is 1. The van der Waals surface area contributed by atoms with E-state index in [-0.39, 0.29) is 6.04 Å². The SMILES string of the molecule is Cc1cccc(-c2noc([C@H](C)[NH3+])n2)c1. The maximum Gasteiger partial charge on any atom is 0.284 e. The number of hydrogen-bond acceptors (Lipinski definition) is 3. The maximum absolute atomic E-state index is 5.10. The highest BCUT2D eigenvalue weighted by Crippen LogP contribution is 2.18. The minimum atomic E-state index is 0.0241. The van der Waals surface area contributed by atoms with E-state index in [0.717, 1.165) is 5.56 Å². The Hall–Kier alpha value is -1.68. The van der Waals surface area contributed by atoms with Crippen LogP contribution in [0, 0.1) is 6.92 Å². The lowest BCUT2D eigenvalue weighted by atomic mass is 10.1. The van der Waals surface area contributed by atoms with Crippen molar-refractivity contribution >= 4 is 0 Å². The van der Waals surface area contributed by atoms with E-state index in [9.17, 15) is 0 Å². The Morgan fingerprint density at radius 3 is 2.80 bits per heavy atom. The highest BCUT2D eigenvalue weighted by Gasteiger charge is 2.13. The second kappa shape index (κ2) is 3.82. The van der Waals surface area contributed by atoms with Gasteiger partial charge in [-0.3, -0.25) is 0 Å². The van der Waals surface area contributed by atoms with Crippen molar-refractivity contribution in [3.8, 4) is 11.4 Å². The first kappa shape index (κ1) is 9.86. The molecular weight excluding hydrogens is 190 g/mol. The van der Waals surface area contributed by atoms with Gasteiger partial charge in [0.2, 0.25) is 5.82 Å². The van der Waals surface area contributed by atoms with Crippen LogP contribution in [0.5, 0.6) is 0 Å². The number of quaternary nitrogens is 1. The van der Waals surface area contributed by atoms with Crippen molar-refractivity contribution in [2.75, 3.05) is 0 Å². The number of hydrogen-bond donors (Lipinski definition) is 1. The van der Waals surface area contributed by atoms with Crippen molar-refractivity contribution < 1.29 is 10.3 Å². The molecule has 3 N–H and O–H groups in total. The normalized spacial score (nSPS) is 12.7. The zero-order chi connectivity index (χ0) is 10.8. The van der Waals surface area contributed by atoms with Crippen LogP contribution in [-0.2, 0) is 0 Å².